The first-order valence-corrected chi connectivity index (χ1v) is 9.13. The van der Waals surface area contributed by atoms with Gasteiger partial charge in [-0.2, -0.15) is 0 Å². The van der Waals surface area contributed by atoms with E-state index < -0.39 is 5.97 Å². The van der Waals surface area contributed by atoms with Gasteiger partial charge in [0.25, 0.3) is 0 Å². The van der Waals surface area contributed by atoms with E-state index in [9.17, 15) is 4.79 Å². The number of nitrogens with zero attached hydrogens (tertiary/aromatic N) is 3. The van der Waals surface area contributed by atoms with E-state index in [-0.39, 0.29) is 0 Å². The zero-order chi connectivity index (χ0) is 18.7. The van der Waals surface area contributed by atoms with Gasteiger partial charge in [-0.05, 0) is 49.7 Å². The number of anilines is 1. The number of rotatable bonds is 4. The molecule has 1 aliphatic rings. The molecule has 0 amide bonds. The number of piperazine rings is 1. The van der Waals surface area contributed by atoms with Crippen LogP contribution in [0.5, 0.6) is 0 Å². The molecule has 1 saturated heterocycles. The highest BCUT2D eigenvalue weighted by atomic mass is 32.1. The van der Waals surface area contributed by atoms with E-state index in [1.54, 1.807) is 18.2 Å². The Bertz CT molecular complexity index is 809. The fraction of sp³-hybridized carbons (Fsp3) is 0.350. The van der Waals surface area contributed by atoms with Crippen molar-refractivity contribution in [2.45, 2.75) is 20.3 Å². The third kappa shape index (κ3) is 4.38. The summed E-state index contributed by atoms with van der Waals surface area (Å²) >= 11 is 5.64. The van der Waals surface area contributed by atoms with Crippen molar-refractivity contribution in [1.29, 1.82) is 0 Å². The number of aromatic carboxylic acids is 1. The molecule has 1 fully saturated rings. The number of carboxylic acid groups (broad SMARTS) is 1. The van der Waals surface area contributed by atoms with E-state index in [1.807, 2.05) is 13.0 Å². The second-order valence-corrected chi connectivity index (χ2v) is 7.15. The van der Waals surface area contributed by atoms with Crippen molar-refractivity contribution in [2.75, 3.05) is 31.1 Å². The van der Waals surface area contributed by atoms with E-state index in [0.717, 1.165) is 48.2 Å². The second-order valence-electron chi connectivity index (χ2n) is 6.68. The summed E-state index contributed by atoms with van der Waals surface area (Å²) < 4.78 is 0. The molecule has 26 heavy (non-hydrogen) atoms. The van der Waals surface area contributed by atoms with Crippen molar-refractivity contribution < 1.29 is 9.90 Å². The quantitative estimate of drug-likeness (QED) is 0.836. The maximum Gasteiger partial charge on any atom is 0.335 e. The summed E-state index contributed by atoms with van der Waals surface area (Å²) in [6.07, 6.45) is 0.687. The maximum absolute atomic E-state index is 11.1. The van der Waals surface area contributed by atoms with E-state index in [1.165, 1.54) is 5.56 Å². The van der Waals surface area contributed by atoms with Crippen molar-refractivity contribution in [3.63, 3.8) is 0 Å². The van der Waals surface area contributed by atoms with Crippen molar-refractivity contribution in [3.8, 4) is 0 Å². The van der Waals surface area contributed by atoms with Crippen LogP contribution in [-0.4, -0.2) is 52.1 Å². The Morgan fingerprint density at radius 2 is 1.88 bits per heavy atom. The van der Waals surface area contributed by atoms with Crippen LogP contribution in [0.25, 0.3) is 0 Å². The van der Waals surface area contributed by atoms with Crippen LogP contribution >= 0.6 is 12.2 Å². The molecule has 1 aromatic carbocycles. The Morgan fingerprint density at radius 1 is 1.15 bits per heavy atom. The summed E-state index contributed by atoms with van der Waals surface area (Å²) in [7, 11) is 0. The molecule has 0 radical (unpaired) electrons. The van der Waals surface area contributed by atoms with Crippen LogP contribution in [0.15, 0.2) is 36.4 Å². The first-order valence-electron chi connectivity index (χ1n) is 8.72. The van der Waals surface area contributed by atoms with Crippen LogP contribution in [0.3, 0.4) is 0 Å². The number of benzene rings is 1. The molecule has 3 rings (SSSR count). The van der Waals surface area contributed by atoms with Crippen molar-refractivity contribution in [2.24, 2.45) is 0 Å². The highest BCUT2D eigenvalue weighted by molar-refractivity contribution is 7.80. The number of carbonyl (C=O) groups is 1. The van der Waals surface area contributed by atoms with Crippen LogP contribution in [0, 0.1) is 13.8 Å². The molecule has 0 unspecified atom stereocenters. The Labute approximate surface area is 159 Å². The molecule has 0 spiro atoms. The number of pyridine rings is 1. The van der Waals surface area contributed by atoms with Gasteiger partial charge >= 0.3 is 5.97 Å². The molecule has 5 nitrogen and oxygen atoms in total. The van der Waals surface area contributed by atoms with Gasteiger partial charge in [-0.3, -0.25) is 4.98 Å². The molecular formula is C20H23N3O2S. The maximum atomic E-state index is 11.1. The molecule has 0 aliphatic carbocycles. The average molecular weight is 369 g/mol. The van der Waals surface area contributed by atoms with E-state index in [4.69, 9.17) is 17.3 Å². The molecule has 1 aliphatic heterocycles. The van der Waals surface area contributed by atoms with Gasteiger partial charge in [0.05, 0.1) is 10.6 Å². The SMILES string of the molecule is Cc1cc(C)nc(CC(=S)N2CCN(c3cccc(C(=O)O)c3)CC2)c1. The smallest absolute Gasteiger partial charge is 0.335 e. The van der Waals surface area contributed by atoms with Crippen LogP contribution in [0.2, 0.25) is 0 Å². The van der Waals surface area contributed by atoms with Crippen LogP contribution in [0.1, 0.15) is 27.3 Å². The van der Waals surface area contributed by atoms with E-state index >= 15 is 0 Å². The third-order valence-corrected chi connectivity index (χ3v) is 4.98. The number of aryl methyl sites for hydroxylation is 2. The van der Waals surface area contributed by atoms with Gasteiger partial charge in [-0.1, -0.05) is 18.3 Å². The molecule has 2 heterocycles. The summed E-state index contributed by atoms with van der Waals surface area (Å²) in [4.78, 5) is 21.1. The van der Waals surface area contributed by atoms with Gasteiger partial charge in [0, 0.05) is 49.7 Å². The minimum atomic E-state index is -0.896. The van der Waals surface area contributed by atoms with Crippen molar-refractivity contribution >= 4 is 28.9 Å². The molecular weight excluding hydrogens is 346 g/mol. The van der Waals surface area contributed by atoms with Crippen molar-refractivity contribution in [1.82, 2.24) is 9.88 Å². The zero-order valence-electron chi connectivity index (χ0n) is 15.1. The predicted octanol–water partition coefficient (Wildman–Crippen LogP) is 3.09. The Balaban J connectivity index is 1.60. The number of thiocarbonyl (C=S) groups is 1. The highest BCUT2D eigenvalue weighted by Crippen LogP contribution is 2.19. The minimum Gasteiger partial charge on any atom is -0.478 e. The van der Waals surface area contributed by atoms with Crippen LogP contribution in [-0.2, 0) is 6.42 Å². The van der Waals surface area contributed by atoms with Crippen LogP contribution in [0.4, 0.5) is 5.69 Å². The van der Waals surface area contributed by atoms with Gasteiger partial charge in [0.1, 0.15) is 0 Å². The molecule has 1 N–H and O–H groups in total. The van der Waals surface area contributed by atoms with Crippen LogP contribution < -0.4 is 4.90 Å². The lowest BCUT2D eigenvalue weighted by atomic mass is 10.1. The standard InChI is InChI=1S/C20H23N3O2S/c1-14-10-15(2)21-17(11-14)13-19(26)23-8-6-22(7-9-23)18-5-3-4-16(12-18)20(24)25/h3-5,10-12H,6-9,13H2,1-2H3,(H,24,25). The first kappa shape index (κ1) is 18.3. The summed E-state index contributed by atoms with van der Waals surface area (Å²) in [6, 6.07) is 11.3. The monoisotopic (exact) mass is 369 g/mol. The van der Waals surface area contributed by atoms with Gasteiger partial charge < -0.3 is 14.9 Å². The molecule has 136 valence electrons. The summed E-state index contributed by atoms with van der Waals surface area (Å²) in [5, 5.41) is 9.15. The summed E-state index contributed by atoms with van der Waals surface area (Å²) in [5.74, 6) is -0.896. The lowest BCUT2D eigenvalue weighted by Gasteiger charge is -2.37. The normalized spacial score (nSPS) is 14.4. The third-order valence-electron chi connectivity index (χ3n) is 4.57. The molecule has 0 saturated carbocycles. The Morgan fingerprint density at radius 3 is 2.54 bits per heavy atom. The fourth-order valence-electron chi connectivity index (χ4n) is 3.33. The minimum absolute atomic E-state index is 0.321. The van der Waals surface area contributed by atoms with Gasteiger partial charge in [-0.15, -0.1) is 0 Å². The first-order chi connectivity index (χ1) is 12.4. The molecule has 0 bridgehead atoms. The van der Waals surface area contributed by atoms with E-state index in [0.29, 0.717) is 12.0 Å². The fourth-order valence-corrected chi connectivity index (χ4v) is 3.66. The lowest BCUT2D eigenvalue weighted by Crippen LogP contribution is -2.48. The second kappa shape index (κ2) is 7.83. The predicted molar refractivity (Wildman–Crippen MR) is 107 cm³/mol. The van der Waals surface area contributed by atoms with Gasteiger partial charge in [-0.25, -0.2) is 4.79 Å². The summed E-state index contributed by atoms with van der Waals surface area (Å²) in [5.41, 5.74) is 4.52. The van der Waals surface area contributed by atoms with Gasteiger partial charge in [0.15, 0.2) is 0 Å². The molecule has 6 heteroatoms. The zero-order valence-corrected chi connectivity index (χ0v) is 15.9. The summed E-state index contributed by atoms with van der Waals surface area (Å²) in [6.45, 7) is 7.39. The Kier molecular flexibility index (Phi) is 5.52. The number of carboxylic acids is 1. The average Bonchev–Trinajstić information content (AvgIpc) is 2.61. The molecule has 0 atom stereocenters. The molecule has 1 aromatic heterocycles. The number of hydrogen-bond acceptors (Lipinski definition) is 4. The van der Waals surface area contributed by atoms with Gasteiger partial charge in [0.2, 0.25) is 0 Å². The number of aromatic nitrogens is 1. The Hall–Kier alpha value is -2.47. The largest absolute Gasteiger partial charge is 0.478 e. The van der Waals surface area contributed by atoms with E-state index in [2.05, 4.69) is 33.8 Å². The lowest BCUT2D eigenvalue weighted by molar-refractivity contribution is 0.0697. The highest BCUT2D eigenvalue weighted by Gasteiger charge is 2.20. The van der Waals surface area contributed by atoms with Crippen molar-refractivity contribution in [3.05, 3.63) is 58.9 Å². The number of hydrogen-bond donors (Lipinski definition) is 1. The molecule has 2 aromatic rings. The topological polar surface area (TPSA) is 56.7 Å².